The molecule has 0 saturated carbocycles. The van der Waals surface area contributed by atoms with Gasteiger partial charge in [-0.25, -0.2) is 5.84 Å². The maximum absolute atomic E-state index is 9.17. The van der Waals surface area contributed by atoms with E-state index in [1.165, 1.54) is 0 Å². The number of hydrazine groups is 1. The van der Waals surface area contributed by atoms with Gasteiger partial charge in [-0.2, -0.15) is 0 Å². The first-order chi connectivity index (χ1) is 5.27. The molecular weight excluding hydrogens is 144 g/mol. The van der Waals surface area contributed by atoms with Crippen LogP contribution in [0.5, 0.6) is 0 Å². The molecule has 0 radical (unpaired) electrons. The van der Waals surface area contributed by atoms with E-state index in [9.17, 15) is 5.11 Å². The van der Waals surface area contributed by atoms with Gasteiger partial charge in [-0.05, 0) is 6.42 Å². The molecular formula is C6H14N4O. The average molecular weight is 158 g/mol. The van der Waals surface area contributed by atoms with E-state index in [1.807, 2.05) is 4.90 Å². The predicted octanol–water partition coefficient (Wildman–Crippen LogP) is -1.50. The maximum atomic E-state index is 9.17. The van der Waals surface area contributed by atoms with Crippen LogP contribution in [0.4, 0.5) is 0 Å². The third kappa shape index (κ3) is 1.81. The van der Waals surface area contributed by atoms with Crippen LogP contribution in [0.2, 0.25) is 0 Å². The fourth-order valence-electron chi connectivity index (χ4n) is 1.23. The van der Waals surface area contributed by atoms with Crippen LogP contribution in [0.25, 0.3) is 0 Å². The van der Waals surface area contributed by atoms with Gasteiger partial charge in [-0.15, -0.1) is 0 Å². The van der Waals surface area contributed by atoms with Crippen molar-refractivity contribution in [1.82, 2.24) is 10.3 Å². The van der Waals surface area contributed by atoms with Gasteiger partial charge in [-0.3, -0.25) is 10.4 Å². The van der Waals surface area contributed by atoms with Crippen LogP contribution >= 0.6 is 0 Å². The first-order valence-corrected chi connectivity index (χ1v) is 3.64. The van der Waals surface area contributed by atoms with Crippen molar-refractivity contribution in [3.05, 3.63) is 0 Å². The highest BCUT2D eigenvalue weighted by atomic mass is 16.3. The van der Waals surface area contributed by atoms with Crippen LogP contribution < -0.4 is 11.3 Å². The van der Waals surface area contributed by atoms with Crippen molar-refractivity contribution in [1.29, 1.82) is 0 Å². The molecule has 0 aromatic heterocycles. The molecule has 5 nitrogen and oxygen atoms in total. The van der Waals surface area contributed by atoms with Gasteiger partial charge in [0.1, 0.15) is 0 Å². The molecule has 4 N–H and O–H groups in total. The van der Waals surface area contributed by atoms with Crippen LogP contribution in [0, 0.1) is 0 Å². The monoisotopic (exact) mass is 158 g/mol. The molecule has 0 aliphatic carbocycles. The Morgan fingerprint density at radius 3 is 2.91 bits per heavy atom. The molecule has 5 heteroatoms. The van der Waals surface area contributed by atoms with Crippen molar-refractivity contribution < 1.29 is 5.11 Å². The molecule has 1 fully saturated rings. The summed E-state index contributed by atoms with van der Waals surface area (Å²) >= 11 is 0. The van der Waals surface area contributed by atoms with Gasteiger partial charge in [0.15, 0.2) is 0 Å². The molecule has 1 heterocycles. The molecule has 0 unspecified atom stereocenters. The van der Waals surface area contributed by atoms with E-state index in [1.54, 1.807) is 7.05 Å². The van der Waals surface area contributed by atoms with E-state index in [0.717, 1.165) is 13.0 Å². The third-order valence-electron chi connectivity index (χ3n) is 1.80. The number of rotatable bonds is 0. The van der Waals surface area contributed by atoms with Crippen molar-refractivity contribution >= 4 is 5.96 Å². The van der Waals surface area contributed by atoms with Crippen LogP contribution in [0.15, 0.2) is 4.99 Å². The van der Waals surface area contributed by atoms with Gasteiger partial charge in [0.25, 0.3) is 0 Å². The summed E-state index contributed by atoms with van der Waals surface area (Å²) in [7, 11) is 1.67. The molecule has 0 aromatic carbocycles. The molecule has 1 rings (SSSR count). The number of guanidine groups is 1. The van der Waals surface area contributed by atoms with E-state index >= 15 is 0 Å². The normalized spacial score (nSPS) is 25.9. The van der Waals surface area contributed by atoms with Crippen molar-refractivity contribution in [2.45, 2.75) is 12.5 Å². The number of nitrogens with one attached hydrogen (secondary N) is 1. The summed E-state index contributed by atoms with van der Waals surface area (Å²) in [5.74, 6) is 5.84. The summed E-state index contributed by atoms with van der Waals surface area (Å²) in [4.78, 5) is 5.84. The van der Waals surface area contributed by atoms with Crippen LogP contribution in [0.3, 0.4) is 0 Å². The van der Waals surface area contributed by atoms with E-state index in [-0.39, 0.29) is 6.10 Å². The number of likely N-dealkylation sites (tertiary alicyclic amines) is 1. The van der Waals surface area contributed by atoms with Gasteiger partial charge < -0.3 is 10.0 Å². The maximum Gasteiger partial charge on any atom is 0.208 e. The highest BCUT2D eigenvalue weighted by Crippen LogP contribution is 2.07. The number of aliphatic hydroxyl groups excluding tert-OH is 1. The number of aliphatic imine (C=N–C) groups is 1. The lowest BCUT2D eigenvalue weighted by Gasteiger charge is -2.18. The Labute approximate surface area is 65.9 Å². The van der Waals surface area contributed by atoms with Crippen LogP contribution in [-0.2, 0) is 0 Å². The summed E-state index contributed by atoms with van der Waals surface area (Å²) in [6.45, 7) is 1.44. The van der Waals surface area contributed by atoms with Gasteiger partial charge in [0.2, 0.25) is 5.96 Å². The standard InChI is InChI=1S/C6H14N4O/c1-8-6(9-7)10-3-2-5(11)4-10/h5,11H,2-4,7H2,1H3,(H,8,9)/t5-/m0/s1. The molecule has 1 aliphatic rings. The SMILES string of the molecule is CN=C(NN)N1CC[C@H](O)C1. The molecule has 0 aromatic rings. The lowest BCUT2D eigenvalue weighted by atomic mass is 10.3. The molecule has 0 amide bonds. The van der Waals surface area contributed by atoms with Crippen molar-refractivity contribution in [2.75, 3.05) is 20.1 Å². The van der Waals surface area contributed by atoms with Crippen molar-refractivity contribution in [2.24, 2.45) is 10.8 Å². The minimum Gasteiger partial charge on any atom is -0.391 e. The fraction of sp³-hybridized carbons (Fsp3) is 0.833. The summed E-state index contributed by atoms with van der Waals surface area (Å²) in [5.41, 5.74) is 2.48. The lowest BCUT2D eigenvalue weighted by molar-refractivity contribution is 0.188. The topological polar surface area (TPSA) is 73.9 Å². The zero-order chi connectivity index (χ0) is 8.27. The van der Waals surface area contributed by atoms with E-state index in [0.29, 0.717) is 12.5 Å². The molecule has 0 bridgehead atoms. The van der Waals surface area contributed by atoms with Crippen LogP contribution in [0.1, 0.15) is 6.42 Å². The molecule has 11 heavy (non-hydrogen) atoms. The number of nitrogens with two attached hydrogens (primary N) is 1. The van der Waals surface area contributed by atoms with Gasteiger partial charge in [0.05, 0.1) is 6.10 Å². The third-order valence-corrected chi connectivity index (χ3v) is 1.80. The summed E-state index contributed by atoms with van der Waals surface area (Å²) in [6.07, 6.45) is 0.556. The average Bonchev–Trinajstić information content (AvgIpc) is 2.39. The Balaban J connectivity index is 2.48. The quantitative estimate of drug-likeness (QED) is 0.174. The van der Waals surface area contributed by atoms with Crippen molar-refractivity contribution in [3.8, 4) is 0 Å². The zero-order valence-corrected chi connectivity index (χ0v) is 6.62. The molecule has 1 aliphatic heterocycles. The number of hydrogen-bond acceptors (Lipinski definition) is 3. The molecule has 1 atom stereocenters. The Kier molecular flexibility index (Phi) is 2.67. The van der Waals surface area contributed by atoms with Gasteiger partial charge in [-0.1, -0.05) is 0 Å². The zero-order valence-electron chi connectivity index (χ0n) is 6.62. The van der Waals surface area contributed by atoms with Gasteiger partial charge in [0, 0.05) is 20.1 Å². The van der Waals surface area contributed by atoms with Gasteiger partial charge >= 0.3 is 0 Å². The number of hydrogen-bond donors (Lipinski definition) is 3. The van der Waals surface area contributed by atoms with Crippen molar-refractivity contribution in [3.63, 3.8) is 0 Å². The minimum atomic E-state index is -0.236. The Bertz CT molecular complexity index is 159. The van der Waals surface area contributed by atoms with E-state index in [4.69, 9.17) is 5.84 Å². The number of aliphatic hydroxyl groups is 1. The van der Waals surface area contributed by atoms with E-state index in [2.05, 4.69) is 10.4 Å². The summed E-state index contributed by atoms with van der Waals surface area (Å²) in [6, 6.07) is 0. The Morgan fingerprint density at radius 1 is 1.82 bits per heavy atom. The first kappa shape index (κ1) is 8.29. The predicted molar refractivity (Wildman–Crippen MR) is 42.9 cm³/mol. The second-order valence-corrected chi connectivity index (χ2v) is 2.58. The molecule has 64 valence electrons. The van der Waals surface area contributed by atoms with Crippen LogP contribution in [-0.4, -0.2) is 42.2 Å². The smallest absolute Gasteiger partial charge is 0.208 e. The summed E-state index contributed by atoms with van der Waals surface area (Å²) < 4.78 is 0. The minimum absolute atomic E-state index is 0.236. The highest BCUT2D eigenvalue weighted by molar-refractivity contribution is 5.79. The fourth-order valence-corrected chi connectivity index (χ4v) is 1.23. The first-order valence-electron chi connectivity index (χ1n) is 3.64. The largest absolute Gasteiger partial charge is 0.391 e. The Morgan fingerprint density at radius 2 is 2.55 bits per heavy atom. The highest BCUT2D eigenvalue weighted by Gasteiger charge is 2.21. The number of β-amino-alcohol motifs (C(OH)–C–C–N with tert-alkyl or cyclic N) is 1. The Hall–Kier alpha value is -0.810. The number of nitrogens with zero attached hydrogens (tertiary/aromatic N) is 2. The summed E-state index contributed by atoms with van der Waals surface area (Å²) in [5, 5.41) is 9.17. The second-order valence-electron chi connectivity index (χ2n) is 2.58. The van der Waals surface area contributed by atoms with E-state index < -0.39 is 0 Å². The molecule has 1 saturated heterocycles. The molecule has 0 spiro atoms. The lowest BCUT2D eigenvalue weighted by Crippen LogP contribution is -2.43. The second kappa shape index (κ2) is 3.54.